The Labute approximate surface area is 114 Å². The van der Waals surface area contributed by atoms with E-state index in [1.807, 2.05) is 0 Å². The van der Waals surface area contributed by atoms with Crippen LogP contribution in [0.3, 0.4) is 0 Å². The molecule has 0 spiro atoms. The van der Waals surface area contributed by atoms with Gasteiger partial charge in [-0.3, -0.25) is 9.59 Å². The van der Waals surface area contributed by atoms with Crippen LogP contribution in [0.4, 0.5) is 0 Å². The molecule has 5 heteroatoms. The van der Waals surface area contributed by atoms with Gasteiger partial charge < -0.3 is 16.0 Å². The Balaban J connectivity index is 1.92. The zero-order valence-electron chi connectivity index (χ0n) is 11.8. The fourth-order valence-electron chi connectivity index (χ4n) is 3.22. The predicted octanol–water partition coefficient (Wildman–Crippen LogP) is 0.694. The third kappa shape index (κ3) is 3.69. The van der Waals surface area contributed by atoms with Crippen LogP contribution in [0.25, 0.3) is 0 Å². The Hall–Kier alpha value is -1.10. The summed E-state index contributed by atoms with van der Waals surface area (Å²) >= 11 is 0. The summed E-state index contributed by atoms with van der Waals surface area (Å²) in [4.78, 5) is 23.8. The van der Waals surface area contributed by atoms with Crippen molar-refractivity contribution in [2.75, 3.05) is 13.1 Å². The van der Waals surface area contributed by atoms with E-state index in [2.05, 4.69) is 16.0 Å². The molecule has 0 aromatic rings. The third-order valence-electron chi connectivity index (χ3n) is 4.23. The Kier molecular flexibility index (Phi) is 4.80. The highest BCUT2D eigenvalue weighted by Gasteiger charge is 2.40. The van der Waals surface area contributed by atoms with E-state index in [-0.39, 0.29) is 11.8 Å². The molecule has 0 bridgehead atoms. The summed E-state index contributed by atoms with van der Waals surface area (Å²) in [6.45, 7) is 3.19. The van der Waals surface area contributed by atoms with E-state index in [1.54, 1.807) is 0 Å². The van der Waals surface area contributed by atoms with Crippen molar-refractivity contribution >= 4 is 11.8 Å². The second-order valence-corrected chi connectivity index (χ2v) is 5.83. The van der Waals surface area contributed by atoms with Crippen molar-refractivity contribution in [1.29, 1.82) is 0 Å². The van der Waals surface area contributed by atoms with Crippen LogP contribution >= 0.6 is 0 Å². The van der Waals surface area contributed by atoms with Gasteiger partial charge in [0.05, 0.1) is 0 Å². The van der Waals surface area contributed by atoms with E-state index in [1.165, 1.54) is 13.3 Å². The highest BCUT2D eigenvalue weighted by Crippen LogP contribution is 2.28. The van der Waals surface area contributed by atoms with Crippen LogP contribution in [0.1, 0.15) is 51.9 Å². The van der Waals surface area contributed by atoms with Crippen molar-refractivity contribution in [2.45, 2.75) is 63.5 Å². The topological polar surface area (TPSA) is 70.2 Å². The standard InChI is InChI=1S/C14H25N3O2/c1-11(18)17-14(7-3-2-4-8-14)13(19)16-10-12-6-5-9-15-12/h12,15H,2-10H2,1H3,(H,16,19)(H,17,18). The minimum atomic E-state index is -0.664. The first-order valence-corrected chi connectivity index (χ1v) is 7.43. The van der Waals surface area contributed by atoms with Crippen molar-refractivity contribution in [2.24, 2.45) is 0 Å². The maximum absolute atomic E-state index is 12.5. The molecule has 1 heterocycles. The van der Waals surface area contributed by atoms with Gasteiger partial charge in [-0.05, 0) is 32.2 Å². The number of rotatable bonds is 4. The fourth-order valence-corrected chi connectivity index (χ4v) is 3.22. The second-order valence-electron chi connectivity index (χ2n) is 5.83. The molecular weight excluding hydrogens is 242 g/mol. The van der Waals surface area contributed by atoms with Gasteiger partial charge in [0.15, 0.2) is 0 Å². The lowest BCUT2D eigenvalue weighted by Gasteiger charge is -2.36. The van der Waals surface area contributed by atoms with E-state index in [0.29, 0.717) is 12.6 Å². The first kappa shape index (κ1) is 14.3. The van der Waals surface area contributed by atoms with Crippen molar-refractivity contribution in [1.82, 2.24) is 16.0 Å². The molecule has 5 nitrogen and oxygen atoms in total. The molecule has 3 N–H and O–H groups in total. The van der Waals surface area contributed by atoms with Gasteiger partial charge in [-0.25, -0.2) is 0 Å². The van der Waals surface area contributed by atoms with Crippen LogP contribution in [0.2, 0.25) is 0 Å². The van der Waals surface area contributed by atoms with E-state index >= 15 is 0 Å². The number of hydrogen-bond acceptors (Lipinski definition) is 3. The molecular formula is C14H25N3O2. The largest absolute Gasteiger partial charge is 0.353 e. The third-order valence-corrected chi connectivity index (χ3v) is 4.23. The normalized spacial score (nSPS) is 25.8. The van der Waals surface area contributed by atoms with E-state index in [4.69, 9.17) is 0 Å². The average Bonchev–Trinajstić information content (AvgIpc) is 2.89. The fraction of sp³-hybridized carbons (Fsp3) is 0.857. The maximum atomic E-state index is 12.5. The highest BCUT2D eigenvalue weighted by molar-refractivity contribution is 5.91. The molecule has 1 unspecified atom stereocenters. The molecule has 1 saturated heterocycles. The van der Waals surface area contributed by atoms with Gasteiger partial charge >= 0.3 is 0 Å². The lowest BCUT2D eigenvalue weighted by molar-refractivity contribution is -0.134. The zero-order chi connectivity index (χ0) is 13.7. The highest BCUT2D eigenvalue weighted by atomic mass is 16.2. The molecule has 0 radical (unpaired) electrons. The lowest BCUT2D eigenvalue weighted by atomic mass is 9.80. The quantitative estimate of drug-likeness (QED) is 0.702. The number of amides is 2. The molecule has 1 aliphatic carbocycles. The van der Waals surface area contributed by atoms with E-state index < -0.39 is 5.54 Å². The summed E-state index contributed by atoms with van der Waals surface area (Å²) in [7, 11) is 0. The van der Waals surface area contributed by atoms with Crippen LogP contribution in [-0.4, -0.2) is 36.5 Å². The molecule has 108 valence electrons. The van der Waals surface area contributed by atoms with E-state index in [0.717, 1.165) is 45.1 Å². The minimum Gasteiger partial charge on any atom is -0.353 e. The van der Waals surface area contributed by atoms with Crippen LogP contribution < -0.4 is 16.0 Å². The minimum absolute atomic E-state index is 0.00361. The van der Waals surface area contributed by atoms with Crippen LogP contribution in [-0.2, 0) is 9.59 Å². The molecule has 2 fully saturated rings. The molecule has 1 saturated carbocycles. The molecule has 1 aliphatic heterocycles. The molecule has 2 rings (SSSR count). The molecule has 19 heavy (non-hydrogen) atoms. The summed E-state index contributed by atoms with van der Waals surface area (Å²) in [5.74, 6) is -0.118. The summed E-state index contributed by atoms with van der Waals surface area (Å²) in [6.07, 6.45) is 6.99. The summed E-state index contributed by atoms with van der Waals surface area (Å²) in [6, 6.07) is 0.391. The molecule has 0 aromatic heterocycles. The van der Waals surface area contributed by atoms with Crippen LogP contribution in [0.5, 0.6) is 0 Å². The van der Waals surface area contributed by atoms with Gasteiger partial charge in [0.1, 0.15) is 5.54 Å². The van der Waals surface area contributed by atoms with Gasteiger partial charge in [0.25, 0.3) is 0 Å². The van der Waals surface area contributed by atoms with Crippen molar-refractivity contribution in [3.63, 3.8) is 0 Å². The van der Waals surface area contributed by atoms with Crippen LogP contribution in [0.15, 0.2) is 0 Å². The van der Waals surface area contributed by atoms with E-state index in [9.17, 15) is 9.59 Å². The SMILES string of the molecule is CC(=O)NC1(C(=O)NCC2CCCN2)CCCCC1. The Bertz CT molecular complexity index is 332. The Morgan fingerprint density at radius 3 is 2.53 bits per heavy atom. The first-order chi connectivity index (χ1) is 9.12. The lowest BCUT2D eigenvalue weighted by Crippen LogP contribution is -2.60. The maximum Gasteiger partial charge on any atom is 0.245 e. The molecule has 2 amide bonds. The first-order valence-electron chi connectivity index (χ1n) is 7.43. The zero-order valence-corrected chi connectivity index (χ0v) is 11.8. The predicted molar refractivity (Wildman–Crippen MR) is 73.7 cm³/mol. The average molecular weight is 267 g/mol. The van der Waals surface area contributed by atoms with Gasteiger partial charge in [-0.15, -0.1) is 0 Å². The van der Waals surface area contributed by atoms with Crippen molar-refractivity contribution < 1.29 is 9.59 Å². The number of hydrogen-bond donors (Lipinski definition) is 3. The van der Waals surface area contributed by atoms with Gasteiger partial charge in [0, 0.05) is 19.5 Å². The van der Waals surface area contributed by atoms with Gasteiger partial charge in [0.2, 0.25) is 11.8 Å². The second kappa shape index (κ2) is 6.37. The Morgan fingerprint density at radius 2 is 1.95 bits per heavy atom. The summed E-state index contributed by atoms with van der Waals surface area (Å²) in [5.41, 5.74) is -0.664. The van der Waals surface area contributed by atoms with Gasteiger partial charge in [-0.2, -0.15) is 0 Å². The van der Waals surface area contributed by atoms with Crippen molar-refractivity contribution in [3.05, 3.63) is 0 Å². The number of carbonyl (C=O) groups excluding carboxylic acids is 2. The molecule has 2 aliphatic rings. The van der Waals surface area contributed by atoms with Crippen molar-refractivity contribution in [3.8, 4) is 0 Å². The summed E-state index contributed by atoms with van der Waals surface area (Å²) in [5, 5.41) is 9.29. The monoisotopic (exact) mass is 267 g/mol. The van der Waals surface area contributed by atoms with Crippen LogP contribution in [0, 0.1) is 0 Å². The molecule has 1 atom stereocenters. The number of nitrogens with one attached hydrogen (secondary N) is 3. The Morgan fingerprint density at radius 1 is 1.21 bits per heavy atom. The van der Waals surface area contributed by atoms with Gasteiger partial charge in [-0.1, -0.05) is 19.3 Å². The smallest absolute Gasteiger partial charge is 0.245 e. The summed E-state index contributed by atoms with van der Waals surface area (Å²) < 4.78 is 0. The number of carbonyl (C=O) groups is 2. The molecule has 0 aromatic carbocycles.